The molecule has 0 aliphatic heterocycles. The molecule has 2 saturated carbocycles. The third kappa shape index (κ3) is 3.63. The summed E-state index contributed by atoms with van der Waals surface area (Å²) in [5.74, 6) is -0.124. The maximum Gasteiger partial charge on any atom is 0.420 e. The smallest absolute Gasteiger partial charge is 0.420 e. The lowest BCUT2D eigenvalue weighted by Gasteiger charge is -2.33. The molecule has 0 heterocycles. The van der Waals surface area contributed by atoms with E-state index in [1.165, 1.54) is 0 Å². The number of aliphatic hydroxyl groups is 1. The van der Waals surface area contributed by atoms with Gasteiger partial charge in [-0.1, -0.05) is 26.5 Å². The maximum atomic E-state index is 13.1. The van der Waals surface area contributed by atoms with Crippen molar-refractivity contribution in [2.75, 3.05) is 6.61 Å². The lowest BCUT2D eigenvalue weighted by atomic mass is 9.79. The lowest BCUT2D eigenvalue weighted by molar-refractivity contribution is -0.246. The molecule has 0 spiro atoms. The highest BCUT2D eigenvalue weighted by molar-refractivity contribution is 5.71. The SMILES string of the molecule is C=CC(O)(CC1CC2CCC1C2COC(=O)[C@H](C)CC)C(F)(F)F. The van der Waals surface area contributed by atoms with Gasteiger partial charge in [-0.05, 0) is 55.8 Å². The van der Waals surface area contributed by atoms with Crippen molar-refractivity contribution in [3.8, 4) is 0 Å². The lowest BCUT2D eigenvalue weighted by Crippen LogP contribution is -2.45. The minimum Gasteiger partial charge on any atom is -0.465 e. The quantitative estimate of drug-likeness (QED) is 0.556. The predicted octanol–water partition coefficient (Wildman–Crippen LogP) is 4.11. The molecule has 5 unspecified atom stereocenters. The van der Waals surface area contributed by atoms with Gasteiger partial charge in [0.1, 0.15) is 0 Å². The third-order valence-electron chi connectivity index (χ3n) is 6.07. The Kier molecular flexibility index (Phi) is 5.68. The molecule has 2 fully saturated rings. The van der Waals surface area contributed by atoms with Gasteiger partial charge in [0.25, 0.3) is 0 Å². The summed E-state index contributed by atoms with van der Waals surface area (Å²) in [5, 5.41) is 9.93. The first-order chi connectivity index (χ1) is 11.1. The van der Waals surface area contributed by atoms with Gasteiger partial charge in [0.15, 0.2) is 5.60 Å². The Morgan fingerprint density at radius 3 is 2.62 bits per heavy atom. The average molecular weight is 348 g/mol. The molecule has 0 saturated heterocycles. The molecule has 0 amide bonds. The topological polar surface area (TPSA) is 46.5 Å². The van der Waals surface area contributed by atoms with Crippen molar-refractivity contribution in [1.82, 2.24) is 0 Å². The van der Waals surface area contributed by atoms with Gasteiger partial charge in [-0.3, -0.25) is 4.79 Å². The van der Waals surface area contributed by atoms with Crippen molar-refractivity contribution in [1.29, 1.82) is 0 Å². The minimum absolute atomic E-state index is 0.0774. The number of carbonyl (C=O) groups is 1. The summed E-state index contributed by atoms with van der Waals surface area (Å²) in [5.41, 5.74) is -2.83. The molecule has 24 heavy (non-hydrogen) atoms. The summed E-state index contributed by atoms with van der Waals surface area (Å²) >= 11 is 0. The summed E-state index contributed by atoms with van der Waals surface area (Å²) in [4.78, 5) is 11.8. The molecule has 2 aliphatic carbocycles. The molecular formula is C18H27F3O3. The molecule has 2 bridgehead atoms. The summed E-state index contributed by atoms with van der Waals surface area (Å²) < 4.78 is 44.7. The fourth-order valence-corrected chi connectivity index (χ4v) is 4.32. The number of halogens is 3. The Morgan fingerprint density at radius 1 is 1.42 bits per heavy atom. The first kappa shape index (κ1) is 19.3. The van der Waals surface area contributed by atoms with Gasteiger partial charge in [0, 0.05) is 0 Å². The Balaban J connectivity index is 1.98. The molecule has 3 nitrogen and oxygen atoms in total. The van der Waals surface area contributed by atoms with Crippen molar-refractivity contribution in [2.24, 2.45) is 29.6 Å². The van der Waals surface area contributed by atoms with E-state index in [4.69, 9.17) is 4.74 Å². The van der Waals surface area contributed by atoms with Crippen LogP contribution in [-0.4, -0.2) is 29.5 Å². The third-order valence-corrected chi connectivity index (χ3v) is 6.07. The Morgan fingerprint density at radius 2 is 2.08 bits per heavy atom. The molecular weight excluding hydrogens is 321 g/mol. The number of rotatable bonds is 7. The van der Waals surface area contributed by atoms with E-state index in [-0.39, 0.29) is 48.6 Å². The van der Waals surface area contributed by atoms with Gasteiger partial charge >= 0.3 is 12.1 Å². The molecule has 0 aromatic heterocycles. The zero-order valence-corrected chi connectivity index (χ0v) is 14.3. The van der Waals surface area contributed by atoms with Crippen LogP contribution in [0.15, 0.2) is 12.7 Å². The second kappa shape index (κ2) is 7.06. The summed E-state index contributed by atoms with van der Waals surface area (Å²) in [6.07, 6.45) is -1.29. The van der Waals surface area contributed by atoms with E-state index in [9.17, 15) is 23.1 Å². The van der Waals surface area contributed by atoms with Crippen molar-refractivity contribution >= 4 is 5.97 Å². The Labute approximate surface area is 141 Å². The maximum absolute atomic E-state index is 13.1. The number of fused-ring (bicyclic) bond motifs is 2. The molecule has 0 aromatic carbocycles. The van der Waals surface area contributed by atoms with E-state index in [0.29, 0.717) is 18.9 Å². The van der Waals surface area contributed by atoms with Crippen LogP contribution in [0.5, 0.6) is 0 Å². The van der Waals surface area contributed by atoms with Gasteiger partial charge in [0.2, 0.25) is 0 Å². The number of esters is 1. The van der Waals surface area contributed by atoms with Crippen LogP contribution in [0.2, 0.25) is 0 Å². The number of hydrogen-bond donors (Lipinski definition) is 1. The average Bonchev–Trinajstić information content (AvgIpc) is 3.06. The second-order valence-electron chi connectivity index (χ2n) is 7.43. The Hall–Kier alpha value is -1.04. The van der Waals surface area contributed by atoms with E-state index in [1.54, 1.807) is 0 Å². The number of ether oxygens (including phenoxy) is 1. The monoisotopic (exact) mass is 348 g/mol. The molecule has 6 atom stereocenters. The molecule has 2 rings (SSSR count). The van der Waals surface area contributed by atoms with Gasteiger partial charge in [0.05, 0.1) is 12.5 Å². The van der Waals surface area contributed by atoms with Crippen LogP contribution in [-0.2, 0) is 9.53 Å². The van der Waals surface area contributed by atoms with Gasteiger partial charge in [-0.15, -0.1) is 0 Å². The molecule has 0 radical (unpaired) electrons. The normalized spacial score (nSPS) is 33.1. The van der Waals surface area contributed by atoms with E-state index >= 15 is 0 Å². The minimum atomic E-state index is -4.71. The summed E-state index contributed by atoms with van der Waals surface area (Å²) in [6.45, 7) is 7.18. The highest BCUT2D eigenvalue weighted by Crippen LogP contribution is 2.56. The van der Waals surface area contributed by atoms with E-state index < -0.39 is 11.8 Å². The first-order valence-electron chi connectivity index (χ1n) is 8.72. The number of carbonyl (C=O) groups excluding carboxylic acids is 1. The second-order valence-corrected chi connectivity index (χ2v) is 7.43. The highest BCUT2D eigenvalue weighted by Gasteiger charge is 2.56. The van der Waals surface area contributed by atoms with Crippen molar-refractivity contribution in [3.05, 3.63) is 12.7 Å². The van der Waals surface area contributed by atoms with Crippen LogP contribution in [0.4, 0.5) is 13.2 Å². The fraction of sp³-hybridized carbons (Fsp3) is 0.833. The molecule has 0 aromatic rings. The van der Waals surface area contributed by atoms with Crippen LogP contribution < -0.4 is 0 Å². The van der Waals surface area contributed by atoms with E-state index in [0.717, 1.165) is 12.8 Å². The van der Waals surface area contributed by atoms with Gasteiger partial charge in [-0.2, -0.15) is 13.2 Å². The van der Waals surface area contributed by atoms with Crippen molar-refractivity contribution in [2.45, 2.75) is 57.7 Å². The van der Waals surface area contributed by atoms with E-state index in [1.807, 2.05) is 13.8 Å². The zero-order chi connectivity index (χ0) is 18.1. The highest BCUT2D eigenvalue weighted by atomic mass is 19.4. The van der Waals surface area contributed by atoms with Crippen LogP contribution in [0.3, 0.4) is 0 Å². The number of hydrogen-bond acceptors (Lipinski definition) is 3. The van der Waals surface area contributed by atoms with E-state index in [2.05, 4.69) is 6.58 Å². The molecule has 6 heteroatoms. The van der Waals surface area contributed by atoms with Crippen LogP contribution in [0.1, 0.15) is 46.0 Å². The van der Waals surface area contributed by atoms with Crippen LogP contribution in [0, 0.1) is 29.6 Å². The van der Waals surface area contributed by atoms with Gasteiger partial charge < -0.3 is 9.84 Å². The standard InChI is InChI=1S/C18H27F3O3/c1-4-11(3)16(22)24-10-15-12-6-7-14(15)13(8-12)9-17(23,5-2)18(19,20)21/h5,11-15,23H,2,4,6-10H2,1,3H3/t11-,12?,13?,14?,15?,17?/m1/s1. The molecule has 2 aliphatic rings. The molecule has 138 valence electrons. The van der Waals surface area contributed by atoms with Crippen molar-refractivity contribution < 1.29 is 27.8 Å². The number of alkyl halides is 3. The van der Waals surface area contributed by atoms with Crippen molar-refractivity contribution in [3.63, 3.8) is 0 Å². The zero-order valence-electron chi connectivity index (χ0n) is 14.3. The van der Waals surface area contributed by atoms with Gasteiger partial charge in [-0.25, -0.2) is 0 Å². The Bertz CT molecular complexity index is 477. The van der Waals surface area contributed by atoms with Crippen LogP contribution >= 0.6 is 0 Å². The fourth-order valence-electron chi connectivity index (χ4n) is 4.32. The predicted molar refractivity (Wildman–Crippen MR) is 84.0 cm³/mol. The largest absolute Gasteiger partial charge is 0.465 e. The molecule has 1 N–H and O–H groups in total. The summed E-state index contributed by atoms with van der Waals surface area (Å²) in [7, 11) is 0. The summed E-state index contributed by atoms with van der Waals surface area (Å²) in [6, 6.07) is 0. The van der Waals surface area contributed by atoms with Crippen LogP contribution in [0.25, 0.3) is 0 Å². The first-order valence-corrected chi connectivity index (χ1v) is 8.72.